The summed E-state index contributed by atoms with van der Waals surface area (Å²) in [6.45, 7) is 3.59. The van der Waals surface area contributed by atoms with Crippen LogP contribution in [0.4, 0.5) is 0 Å². The Morgan fingerprint density at radius 1 is 1.23 bits per heavy atom. The monoisotopic (exact) mass is 387 g/mol. The van der Waals surface area contributed by atoms with E-state index in [0.29, 0.717) is 31.2 Å². The summed E-state index contributed by atoms with van der Waals surface area (Å²) < 4.78 is 21.7. The van der Waals surface area contributed by atoms with Crippen molar-refractivity contribution in [3.63, 3.8) is 0 Å². The third-order valence-electron chi connectivity index (χ3n) is 5.19. The van der Waals surface area contributed by atoms with Gasteiger partial charge in [0.2, 0.25) is 0 Å². The quantitative estimate of drug-likeness (QED) is 0.454. The van der Waals surface area contributed by atoms with E-state index in [9.17, 15) is 9.90 Å². The molecule has 1 N–H and O–H groups in total. The number of esters is 1. The first-order valence-electron chi connectivity index (χ1n) is 9.15. The third-order valence-corrected chi connectivity index (χ3v) is 7.96. The SMILES string of the molecule is CO[Si](CCC1CCC(OC(=O)CCC(C)(C)C#N)C(O)C1)(OC)OC. The van der Waals surface area contributed by atoms with Crippen molar-refractivity contribution in [3.05, 3.63) is 0 Å². The molecule has 1 aliphatic rings. The molecule has 8 heteroatoms. The molecular formula is C18H33NO6Si. The second kappa shape index (κ2) is 10.4. The van der Waals surface area contributed by atoms with Gasteiger partial charge in [0.1, 0.15) is 6.10 Å². The number of rotatable bonds is 10. The summed E-state index contributed by atoms with van der Waals surface area (Å²) in [5.74, 6) is -0.0230. The summed E-state index contributed by atoms with van der Waals surface area (Å²) in [5.41, 5.74) is -0.546. The van der Waals surface area contributed by atoms with Crippen molar-refractivity contribution < 1.29 is 27.9 Å². The van der Waals surface area contributed by atoms with Crippen molar-refractivity contribution in [2.75, 3.05) is 21.3 Å². The predicted molar refractivity (Wildman–Crippen MR) is 98.1 cm³/mol. The largest absolute Gasteiger partial charge is 0.500 e. The van der Waals surface area contributed by atoms with E-state index < -0.39 is 26.4 Å². The van der Waals surface area contributed by atoms with E-state index in [-0.39, 0.29) is 12.4 Å². The van der Waals surface area contributed by atoms with Crippen molar-refractivity contribution in [1.82, 2.24) is 0 Å². The number of hydrogen-bond donors (Lipinski definition) is 1. The van der Waals surface area contributed by atoms with E-state index in [1.165, 1.54) is 0 Å². The van der Waals surface area contributed by atoms with Gasteiger partial charge >= 0.3 is 14.8 Å². The van der Waals surface area contributed by atoms with Crippen LogP contribution in [-0.4, -0.2) is 53.4 Å². The number of carbonyl (C=O) groups is 1. The van der Waals surface area contributed by atoms with Crippen molar-refractivity contribution in [3.8, 4) is 6.07 Å². The third kappa shape index (κ3) is 6.97. The number of aliphatic hydroxyl groups excluding tert-OH is 1. The van der Waals surface area contributed by atoms with Crippen LogP contribution in [0.5, 0.6) is 0 Å². The zero-order valence-electron chi connectivity index (χ0n) is 16.6. The van der Waals surface area contributed by atoms with Crippen LogP contribution in [0.3, 0.4) is 0 Å². The first-order valence-corrected chi connectivity index (χ1v) is 11.1. The molecule has 0 amide bonds. The smallest absolute Gasteiger partial charge is 0.460 e. The number of nitrogens with zero attached hydrogens (tertiary/aromatic N) is 1. The molecule has 7 nitrogen and oxygen atoms in total. The summed E-state index contributed by atoms with van der Waals surface area (Å²) in [5, 5.41) is 19.3. The van der Waals surface area contributed by atoms with Crippen LogP contribution < -0.4 is 0 Å². The summed E-state index contributed by atoms with van der Waals surface area (Å²) in [6.07, 6.45) is 2.46. The van der Waals surface area contributed by atoms with Gasteiger partial charge in [-0.15, -0.1) is 0 Å². The maximum Gasteiger partial charge on any atom is 0.500 e. The molecule has 0 bridgehead atoms. The molecule has 1 fully saturated rings. The molecule has 0 heterocycles. The number of carbonyl (C=O) groups excluding carboxylic acids is 1. The summed E-state index contributed by atoms with van der Waals surface area (Å²) >= 11 is 0. The van der Waals surface area contributed by atoms with Gasteiger partial charge in [0, 0.05) is 33.8 Å². The molecule has 0 aromatic heterocycles. The van der Waals surface area contributed by atoms with Crippen molar-refractivity contribution in [2.45, 2.75) is 70.6 Å². The highest BCUT2D eigenvalue weighted by Crippen LogP contribution is 2.32. The molecular weight excluding hydrogens is 354 g/mol. The average Bonchev–Trinajstić information content (AvgIpc) is 2.64. The van der Waals surface area contributed by atoms with Crippen LogP contribution in [0.1, 0.15) is 52.4 Å². The Kier molecular flexibility index (Phi) is 9.20. The van der Waals surface area contributed by atoms with Crippen molar-refractivity contribution in [2.24, 2.45) is 11.3 Å². The van der Waals surface area contributed by atoms with Crippen LogP contribution >= 0.6 is 0 Å². The van der Waals surface area contributed by atoms with Crippen molar-refractivity contribution in [1.29, 1.82) is 5.26 Å². The number of ether oxygens (including phenoxy) is 1. The highest BCUT2D eigenvalue weighted by Gasteiger charge is 2.39. The van der Waals surface area contributed by atoms with Gasteiger partial charge in [-0.1, -0.05) is 0 Å². The predicted octanol–water partition coefficient (Wildman–Crippen LogP) is 2.66. The maximum atomic E-state index is 12.0. The van der Waals surface area contributed by atoms with E-state index in [4.69, 9.17) is 23.3 Å². The first kappa shape index (κ1) is 23.1. The summed E-state index contributed by atoms with van der Waals surface area (Å²) in [7, 11) is 2.19. The van der Waals surface area contributed by atoms with Crippen LogP contribution in [0.2, 0.25) is 6.04 Å². The molecule has 0 spiro atoms. The van der Waals surface area contributed by atoms with E-state index in [2.05, 4.69) is 6.07 Å². The summed E-state index contributed by atoms with van der Waals surface area (Å²) in [6, 6.07) is 2.87. The Balaban J connectivity index is 2.42. The van der Waals surface area contributed by atoms with Crippen LogP contribution in [0, 0.1) is 22.7 Å². The summed E-state index contributed by atoms with van der Waals surface area (Å²) in [4.78, 5) is 12.0. The molecule has 0 aliphatic heterocycles. The van der Waals surface area contributed by atoms with Gasteiger partial charge in [0.05, 0.1) is 17.6 Å². The van der Waals surface area contributed by atoms with Gasteiger partial charge in [-0.25, -0.2) is 0 Å². The lowest BCUT2D eigenvalue weighted by molar-refractivity contribution is -0.159. The fraction of sp³-hybridized carbons (Fsp3) is 0.889. The second-order valence-electron chi connectivity index (χ2n) is 7.60. The minimum absolute atomic E-state index is 0.191. The number of hydrogen-bond acceptors (Lipinski definition) is 7. The number of nitriles is 1. The van der Waals surface area contributed by atoms with Crippen LogP contribution in [-0.2, 0) is 22.8 Å². The molecule has 0 radical (unpaired) electrons. The van der Waals surface area contributed by atoms with Gasteiger partial charge < -0.3 is 23.1 Å². The normalized spacial score (nSPS) is 24.1. The van der Waals surface area contributed by atoms with Gasteiger partial charge in [0.25, 0.3) is 0 Å². The number of aliphatic hydroxyl groups is 1. The first-order chi connectivity index (χ1) is 12.2. The van der Waals surface area contributed by atoms with Gasteiger partial charge in [0.15, 0.2) is 0 Å². The maximum absolute atomic E-state index is 12.0. The molecule has 3 atom stereocenters. The molecule has 1 rings (SSSR count). The molecule has 0 saturated heterocycles. The molecule has 0 aromatic rings. The van der Waals surface area contributed by atoms with Crippen LogP contribution in [0.25, 0.3) is 0 Å². The zero-order valence-corrected chi connectivity index (χ0v) is 17.6. The molecule has 150 valence electrons. The Hall–Kier alpha value is -0.983. The molecule has 1 saturated carbocycles. The van der Waals surface area contributed by atoms with E-state index >= 15 is 0 Å². The van der Waals surface area contributed by atoms with E-state index in [1.807, 2.05) is 0 Å². The fourth-order valence-electron chi connectivity index (χ4n) is 3.24. The highest BCUT2D eigenvalue weighted by atomic mass is 28.4. The second-order valence-corrected chi connectivity index (χ2v) is 10.7. The van der Waals surface area contributed by atoms with E-state index in [0.717, 1.165) is 12.8 Å². The van der Waals surface area contributed by atoms with Gasteiger partial charge in [-0.05, 0) is 51.9 Å². The fourth-order valence-corrected chi connectivity index (χ4v) is 5.11. The minimum atomic E-state index is -2.59. The lowest BCUT2D eigenvalue weighted by Gasteiger charge is -2.34. The van der Waals surface area contributed by atoms with Crippen molar-refractivity contribution >= 4 is 14.8 Å². The topological polar surface area (TPSA) is 98.0 Å². The Labute approximate surface area is 157 Å². The standard InChI is InChI=1S/C18H33NO6Si/c1-18(2,13-19)10-8-17(21)25-16-7-6-14(12-15(16)20)9-11-26(22-3,23-4)24-5/h14-16,20H,6-12H2,1-5H3. The van der Waals surface area contributed by atoms with Gasteiger partial charge in [-0.2, -0.15) is 5.26 Å². The average molecular weight is 388 g/mol. The Morgan fingerprint density at radius 2 is 1.85 bits per heavy atom. The zero-order chi connectivity index (χ0) is 19.8. The molecule has 0 aromatic carbocycles. The molecule has 1 aliphatic carbocycles. The van der Waals surface area contributed by atoms with E-state index in [1.54, 1.807) is 35.2 Å². The molecule has 3 unspecified atom stereocenters. The molecule has 26 heavy (non-hydrogen) atoms. The highest BCUT2D eigenvalue weighted by molar-refractivity contribution is 6.60. The van der Waals surface area contributed by atoms with Gasteiger partial charge in [-0.3, -0.25) is 4.79 Å². The minimum Gasteiger partial charge on any atom is -0.460 e. The Bertz CT molecular complexity index is 480. The lowest BCUT2D eigenvalue weighted by atomic mass is 9.83. The lowest BCUT2D eigenvalue weighted by Crippen LogP contribution is -2.44. The Morgan fingerprint density at radius 3 is 2.35 bits per heavy atom. The van der Waals surface area contributed by atoms with Crippen LogP contribution in [0.15, 0.2) is 0 Å².